The molecule has 0 spiro atoms. The fourth-order valence-corrected chi connectivity index (χ4v) is 10.0. The Balaban J connectivity index is 0. The average Bonchev–Trinajstić information content (AvgIpc) is 3.11. The number of nitrogens with zero attached hydrogens (tertiary/aromatic N) is 2. The summed E-state index contributed by atoms with van der Waals surface area (Å²) in [4.78, 5) is 7.84. The molecule has 0 bridgehead atoms. The third-order valence-corrected chi connectivity index (χ3v) is 13.6. The Hall–Kier alpha value is 0.316. The molecule has 1 aromatic heterocycles. The third-order valence-electron chi connectivity index (χ3n) is 6.12. The van der Waals surface area contributed by atoms with E-state index in [4.69, 9.17) is 4.98 Å². The molecule has 0 aromatic carbocycles. The predicted octanol–water partition coefficient (Wildman–Crippen LogP) is 7.64. The first kappa shape index (κ1) is 32.5. The van der Waals surface area contributed by atoms with Crippen molar-refractivity contribution in [2.45, 2.75) is 103 Å². The summed E-state index contributed by atoms with van der Waals surface area (Å²) in [5.41, 5.74) is 7.43. The standard InChI is InChI=1S/C23H42N2P2.2CH3.Co/c1-17(2)26(18(3)4)15-21-13-23(25-11-9-10-12-25)14-22(24-21)16-27(19(5)6)20(7)8;;;/h13-14,17-20H,9-12,15-16H2,1-8H3;2*1H3;/q;2*-1;+2/p+2. The van der Waals surface area contributed by atoms with Gasteiger partial charge in [0.2, 0.25) is 0 Å². The summed E-state index contributed by atoms with van der Waals surface area (Å²) in [6, 6.07) is 4.86. The Morgan fingerprint density at radius 2 is 1.07 bits per heavy atom. The van der Waals surface area contributed by atoms with Gasteiger partial charge >= 0.3 is 16.8 Å². The Labute approximate surface area is 202 Å². The van der Waals surface area contributed by atoms with Crippen molar-refractivity contribution in [3.05, 3.63) is 38.4 Å². The first-order chi connectivity index (χ1) is 12.7. The van der Waals surface area contributed by atoms with E-state index in [1.54, 1.807) is 0 Å². The van der Waals surface area contributed by atoms with Crippen molar-refractivity contribution in [1.82, 2.24) is 4.98 Å². The van der Waals surface area contributed by atoms with Crippen molar-refractivity contribution in [3.63, 3.8) is 0 Å². The molecule has 0 N–H and O–H groups in total. The first-order valence-corrected chi connectivity index (χ1v) is 14.9. The van der Waals surface area contributed by atoms with Crippen LogP contribution in [0.2, 0.25) is 0 Å². The van der Waals surface area contributed by atoms with E-state index in [2.05, 4.69) is 72.4 Å². The van der Waals surface area contributed by atoms with Crippen molar-refractivity contribution in [3.8, 4) is 0 Å². The van der Waals surface area contributed by atoms with Crippen molar-refractivity contribution in [2.24, 2.45) is 0 Å². The van der Waals surface area contributed by atoms with Crippen molar-refractivity contribution in [1.29, 1.82) is 0 Å². The van der Waals surface area contributed by atoms with Crippen LogP contribution < -0.4 is 4.90 Å². The largest absolute Gasteiger partial charge is 2.00 e. The van der Waals surface area contributed by atoms with Crippen LogP contribution in [0, 0.1) is 14.9 Å². The van der Waals surface area contributed by atoms with Crippen LogP contribution in [0.5, 0.6) is 0 Å². The Kier molecular flexibility index (Phi) is 16.5. The van der Waals surface area contributed by atoms with Crippen molar-refractivity contribution in [2.75, 3.05) is 18.0 Å². The predicted molar refractivity (Wildman–Crippen MR) is 143 cm³/mol. The molecular formula is C25H50CoN2P2+2. The molecule has 0 aliphatic carbocycles. The maximum atomic E-state index is 5.24. The Morgan fingerprint density at radius 3 is 1.37 bits per heavy atom. The second kappa shape index (κ2) is 15.2. The van der Waals surface area contributed by atoms with Crippen LogP contribution in [0.15, 0.2) is 12.1 Å². The minimum Gasteiger partial charge on any atom is -0.371 e. The molecule has 177 valence electrons. The maximum absolute atomic E-state index is 5.24. The molecule has 1 aliphatic rings. The molecule has 1 radical (unpaired) electrons. The average molecular weight is 500 g/mol. The van der Waals surface area contributed by atoms with Gasteiger partial charge in [-0.3, -0.25) is 4.98 Å². The van der Waals surface area contributed by atoms with Crippen LogP contribution in [0.4, 0.5) is 5.69 Å². The minimum atomic E-state index is -0.420. The van der Waals surface area contributed by atoms with E-state index in [0.717, 1.165) is 22.6 Å². The molecule has 0 amide bonds. The molecule has 2 nitrogen and oxygen atoms in total. The fourth-order valence-electron chi connectivity index (χ4n) is 4.54. The molecule has 1 fully saturated rings. The maximum Gasteiger partial charge on any atom is 2.00 e. The molecule has 5 heteroatoms. The van der Waals surface area contributed by atoms with E-state index < -0.39 is 15.8 Å². The number of anilines is 1. The van der Waals surface area contributed by atoms with Gasteiger partial charge in [0.15, 0.2) is 0 Å². The second-order valence-corrected chi connectivity index (χ2v) is 17.2. The molecule has 2 rings (SSSR count). The van der Waals surface area contributed by atoms with E-state index in [0.29, 0.717) is 0 Å². The van der Waals surface area contributed by atoms with Crippen LogP contribution in [-0.4, -0.2) is 40.7 Å². The zero-order chi connectivity index (χ0) is 20.1. The van der Waals surface area contributed by atoms with E-state index in [9.17, 15) is 0 Å². The molecule has 1 saturated heterocycles. The van der Waals surface area contributed by atoms with E-state index in [1.165, 1.54) is 55.3 Å². The van der Waals surface area contributed by atoms with Gasteiger partial charge in [-0.2, -0.15) is 0 Å². The van der Waals surface area contributed by atoms with Gasteiger partial charge in [-0.05, 0) is 80.4 Å². The van der Waals surface area contributed by atoms with Gasteiger partial charge in [-0.15, -0.1) is 0 Å². The smallest absolute Gasteiger partial charge is 0.371 e. The molecule has 1 aliphatic heterocycles. The molecule has 0 unspecified atom stereocenters. The number of pyridine rings is 1. The summed E-state index contributed by atoms with van der Waals surface area (Å²) in [7, 11) is -0.839. The summed E-state index contributed by atoms with van der Waals surface area (Å²) in [5, 5.41) is 0. The summed E-state index contributed by atoms with van der Waals surface area (Å²) in [6.45, 7) is 21.8. The monoisotopic (exact) mass is 499 g/mol. The zero-order valence-corrected chi connectivity index (χ0v) is 24.5. The molecule has 2 heterocycles. The summed E-state index contributed by atoms with van der Waals surface area (Å²) in [6.07, 6.45) is 5.13. The number of hydrogen-bond acceptors (Lipinski definition) is 2. The van der Waals surface area contributed by atoms with Crippen LogP contribution in [0.25, 0.3) is 0 Å². The van der Waals surface area contributed by atoms with E-state index >= 15 is 0 Å². The molecule has 30 heavy (non-hydrogen) atoms. The van der Waals surface area contributed by atoms with Gasteiger partial charge in [0.1, 0.15) is 0 Å². The number of rotatable bonds is 9. The van der Waals surface area contributed by atoms with Crippen LogP contribution in [0.3, 0.4) is 0 Å². The van der Waals surface area contributed by atoms with Crippen molar-refractivity contribution >= 4 is 21.5 Å². The first-order valence-electron chi connectivity index (χ1n) is 11.1. The van der Waals surface area contributed by atoms with Gasteiger partial charge in [0.25, 0.3) is 0 Å². The number of hydrogen-bond donors (Lipinski definition) is 0. The van der Waals surface area contributed by atoms with E-state index in [1.807, 2.05) is 0 Å². The minimum absolute atomic E-state index is 0. The Bertz CT molecular complexity index is 528. The molecular weight excluding hydrogens is 449 g/mol. The van der Waals surface area contributed by atoms with Crippen molar-refractivity contribution < 1.29 is 16.8 Å². The van der Waals surface area contributed by atoms with Crippen LogP contribution >= 0.6 is 15.8 Å². The summed E-state index contributed by atoms with van der Waals surface area (Å²) < 4.78 is 0. The second-order valence-electron chi connectivity index (χ2n) is 9.62. The van der Waals surface area contributed by atoms with Gasteiger partial charge in [-0.1, -0.05) is 0 Å². The molecule has 1 aromatic rings. The SMILES string of the molecule is CC(C)[PH+](Cc1cc(N2CCCC2)cc(C[PH+](C(C)C)C(C)C)n1)C(C)C.[CH3-].[CH3-].[Co+2]. The normalized spacial score (nSPS) is 14.0. The summed E-state index contributed by atoms with van der Waals surface area (Å²) in [5.74, 6) is 0. The fraction of sp³-hybridized carbons (Fsp3) is 0.720. The zero-order valence-electron chi connectivity index (χ0n) is 21.4. The Morgan fingerprint density at radius 1 is 0.733 bits per heavy atom. The topological polar surface area (TPSA) is 16.1 Å². The number of aromatic nitrogens is 1. The quantitative estimate of drug-likeness (QED) is 0.256. The van der Waals surface area contributed by atoms with Gasteiger partial charge in [-0.25, -0.2) is 0 Å². The van der Waals surface area contributed by atoms with Gasteiger partial charge in [0.05, 0.1) is 46.3 Å². The summed E-state index contributed by atoms with van der Waals surface area (Å²) >= 11 is 0. The van der Waals surface area contributed by atoms with Gasteiger partial charge in [0, 0.05) is 34.6 Å². The third kappa shape index (κ3) is 9.44. The van der Waals surface area contributed by atoms with E-state index in [-0.39, 0.29) is 31.6 Å². The van der Waals surface area contributed by atoms with Crippen LogP contribution in [-0.2, 0) is 29.1 Å². The van der Waals surface area contributed by atoms with Crippen LogP contribution in [0.1, 0.15) is 79.6 Å². The van der Waals surface area contributed by atoms with Gasteiger partial charge < -0.3 is 19.8 Å². The molecule has 0 atom stereocenters. The molecule has 0 saturated carbocycles.